The Balaban J connectivity index is 1.83. The van der Waals surface area contributed by atoms with E-state index < -0.39 is 23.6 Å². The topological polar surface area (TPSA) is 123 Å². The number of benzene rings is 1. The third-order valence-electron chi connectivity index (χ3n) is 3.86. The van der Waals surface area contributed by atoms with Crippen molar-refractivity contribution in [1.82, 2.24) is 19.9 Å². The number of hydrogen-bond acceptors (Lipinski definition) is 4. The standard InChI is InChI=1S/C18H17N5O3/c19-17(25)16(24)14(9-12-5-4-8-21-12)22-18(26)15-10-20-11-23(15)13-6-2-1-3-7-13/h1-8,10-11,14,21H,9H2,(H2,19,25)(H,22,26). The number of aromatic amines is 1. The Morgan fingerprint density at radius 2 is 1.92 bits per heavy atom. The second kappa shape index (κ2) is 7.47. The summed E-state index contributed by atoms with van der Waals surface area (Å²) in [5.74, 6) is -2.49. The molecule has 26 heavy (non-hydrogen) atoms. The van der Waals surface area contributed by atoms with Crippen molar-refractivity contribution in [2.45, 2.75) is 12.5 Å². The summed E-state index contributed by atoms with van der Waals surface area (Å²) in [5.41, 5.74) is 6.80. The van der Waals surface area contributed by atoms with Gasteiger partial charge in [0.05, 0.1) is 12.5 Å². The fourth-order valence-electron chi connectivity index (χ4n) is 2.58. The number of H-pyrrole nitrogens is 1. The van der Waals surface area contributed by atoms with Gasteiger partial charge in [-0.1, -0.05) is 18.2 Å². The van der Waals surface area contributed by atoms with E-state index in [0.717, 1.165) is 5.69 Å². The Kier molecular flexibility index (Phi) is 4.93. The van der Waals surface area contributed by atoms with Crippen molar-refractivity contribution in [3.05, 3.63) is 72.6 Å². The molecule has 0 spiro atoms. The monoisotopic (exact) mass is 351 g/mol. The van der Waals surface area contributed by atoms with Crippen LogP contribution in [0.25, 0.3) is 5.69 Å². The van der Waals surface area contributed by atoms with E-state index in [2.05, 4.69) is 15.3 Å². The Hall–Kier alpha value is -3.68. The predicted molar refractivity (Wildman–Crippen MR) is 93.5 cm³/mol. The van der Waals surface area contributed by atoms with Crippen LogP contribution in [0.1, 0.15) is 16.2 Å². The van der Waals surface area contributed by atoms with E-state index in [1.54, 1.807) is 22.9 Å². The minimum absolute atomic E-state index is 0.125. The first-order valence-corrected chi connectivity index (χ1v) is 7.91. The summed E-state index contributed by atoms with van der Waals surface area (Å²) in [6, 6.07) is 11.6. The second-order valence-corrected chi connectivity index (χ2v) is 5.64. The molecule has 2 aromatic heterocycles. The first kappa shape index (κ1) is 17.2. The predicted octanol–water partition coefficient (Wildman–Crippen LogP) is 0.596. The van der Waals surface area contributed by atoms with Gasteiger partial charge in [-0.3, -0.25) is 19.0 Å². The van der Waals surface area contributed by atoms with Crippen LogP contribution in [-0.4, -0.2) is 38.2 Å². The molecule has 8 heteroatoms. The Bertz CT molecular complexity index is 915. The average molecular weight is 351 g/mol. The number of rotatable bonds is 7. The number of imidazole rings is 1. The van der Waals surface area contributed by atoms with E-state index in [4.69, 9.17) is 5.73 Å². The molecule has 0 aliphatic heterocycles. The molecule has 0 fully saturated rings. The number of ketones is 1. The van der Waals surface area contributed by atoms with E-state index >= 15 is 0 Å². The molecular weight excluding hydrogens is 334 g/mol. The fraction of sp³-hybridized carbons (Fsp3) is 0.111. The van der Waals surface area contributed by atoms with Gasteiger partial charge in [0, 0.05) is 24.0 Å². The highest BCUT2D eigenvalue weighted by Crippen LogP contribution is 2.11. The molecule has 2 heterocycles. The van der Waals surface area contributed by atoms with Gasteiger partial charge in [-0.15, -0.1) is 0 Å². The fourth-order valence-corrected chi connectivity index (χ4v) is 2.58. The molecule has 1 atom stereocenters. The molecule has 0 aliphatic rings. The summed E-state index contributed by atoms with van der Waals surface area (Å²) in [6.45, 7) is 0. The second-order valence-electron chi connectivity index (χ2n) is 5.64. The number of Topliss-reactive ketones (excluding diaryl/α,β-unsaturated/α-hetero) is 1. The van der Waals surface area contributed by atoms with Crippen molar-refractivity contribution in [3.8, 4) is 5.69 Å². The minimum atomic E-state index is -1.10. The molecule has 3 rings (SSSR count). The lowest BCUT2D eigenvalue weighted by Crippen LogP contribution is -2.47. The largest absolute Gasteiger partial charge is 0.365 e. The van der Waals surface area contributed by atoms with Crippen molar-refractivity contribution in [2.24, 2.45) is 5.73 Å². The van der Waals surface area contributed by atoms with Crippen molar-refractivity contribution >= 4 is 17.6 Å². The molecule has 1 unspecified atom stereocenters. The minimum Gasteiger partial charge on any atom is -0.365 e. The number of aromatic nitrogens is 3. The van der Waals surface area contributed by atoms with Crippen molar-refractivity contribution in [2.75, 3.05) is 0 Å². The third-order valence-corrected chi connectivity index (χ3v) is 3.86. The molecular formula is C18H17N5O3. The third kappa shape index (κ3) is 3.69. The van der Waals surface area contributed by atoms with E-state index in [1.807, 2.05) is 30.3 Å². The smallest absolute Gasteiger partial charge is 0.287 e. The summed E-state index contributed by atoms with van der Waals surface area (Å²) in [4.78, 5) is 43.0. The van der Waals surface area contributed by atoms with Gasteiger partial charge in [0.2, 0.25) is 5.78 Å². The highest BCUT2D eigenvalue weighted by Gasteiger charge is 2.27. The number of carbonyl (C=O) groups is 3. The number of nitrogens with zero attached hydrogens (tertiary/aromatic N) is 2. The van der Waals surface area contributed by atoms with Crippen LogP contribution in [-0.2, 0) is 16.0 Å². The van der Waals surface area contributed by atoms with Gasteiger partial charge in [0.15, 0.2) is 0 Å². The number of nitrogens with one attached hydrogen (secondary N) is 2. The van der Waals surface area contributed by atoms with E-state index in [0.29, 0.717) is 5.69 Å². The number of hydrogen-bond donors (Lipinski definition) is 3. The zero-order valence-corrected chi connectivity index (χ0v) is 13.8. The number of nitrogens with two attached hydrogens (primary N) is 1. The van der Waals surface area contributed by atoms with Crippen LogP contribution in [0.4, 0.5) is 0 Å². The molecule has 0 bridgehead atoms. The molecule has 0 saturated heterocycles. The zero-order chi connectivity index (χ0) is 18.5. The van der Waals surface area contributed by atoms with Gasteiger partial charge in [0.25, 0.3) is 11.8 Å². The first-order chi connectivity index (χ1) is 12.6. The highest BCUT2D eigenvalue weighted by atomic mass is 16.2. The van der Waals surface area contributed by atoms with Gasteiger partial charge >= 0.3 is 0 Å². The van der Waals surface area contributed by atoms with Gasteiger partial charge in [0.1, 0.15) is 11.7 Å². The molecule has 8 nitrogen and oxygen atoms in total. The molecule has 132 valence electrons. The van der Waals surface area contributed by atoms with Crippen LogP contribution in [0.2, 0.25) is 0 Å². The first-order valence-electron chi connectivity index (χ1n) is 7.91. The molecule has 3 aromatic rings. The molecule has 0 saturated carbocycles. The Morgan fingerprint density at radius 3 is 2.58 bits per heavy atom. The lowest BCUT2D eigenvalue weighted by atomic mass is 10.1. The summed E-state index contributed by atoms with van der Waals surface area (Å²) in [7, 11) is 0. The van der Waals surface area contributed by atoms with Crippen molar-refractivity contribution in [1.29, 1.82) is 0 Å². The summed E-state index contributed by atoms with van der Waals surface area (Å²) >= 11 is 0. The quantitative estimate of drug-likeness (QED) is 0.539. The normalized spacial score (nSPS) is 11.7. The van der Waals surface area contributed by atoms with Gasteiger partial charge in [-0.05, 0) is 24.3 Å². The number of carbonyl (C=O) groups excluding carboxylic acids is 3. The molecule has 0 aliphatic carbocycles. The number of primary amides is 1. The summed E-state index contributed by atoms with van der Waals surface area (Å²) < 4.78 is 1.59. The highest BCUT2D eigenvalue weighted by molar-refractivity contribution is 6.38. The maximum Gasteiger partial charge on any atom is 0.287 e. The van der Waals surface area contributed by atoms with Crippen LogP contribution in [0.15, 0.2) is 61.2 Å². The van der Waals surface area contributed by atoms with Crippen LogP contribution in [0, 0.1) is 0 Å². The van der Waals surface area contributed by atoms with E-state index in [-0.39, 0.29) is 12.1 Å². The van der Waals surface area contributed by atoms with Crippen LogP contribution >= 0.6 is 0 Å². The van der Waals surface area contributed by atoms with Gasteiger partial charge in [-0.25, -0.2) is 4.98 Å². The van der Waals surface area contributed by atoms with Crippen molar-refractivity contribution < 1.29 is 14.4 Å². The van der Waals surface area contributed by atoms with E-state index in [1.165, 1.54) is 12.5 Å². The maximum atomic E-state index is 12.7. The van der Waals surface area contributed by atoms with Crippen LogP contribution < -0.4 is 11.1 Å². The number of amides is 2. The lowest BCUT2D eigenvalue weighted by molar-refractivity contribution is -0.137. The molecule has 2 amide bonds. The molecule has 4 N–H and O–H groups in total. The van der Waals surface area contributed by atoms with Crippen molar-refractivity contribution in [3.63, 3.8) is 0 Å². The summed E-state index contributed by atoms with van der Waals surface area (Å²) in [6.07, 6.45) is 4.70. The Morgan fingerprint density at radius 1 is 1.15 bits per heavy atom. The number of para-hydroxylation sites is 1. The molecule has 0 radical (unpaired) electrons. The average Bonchev–Trinajstić information content (AvgIpc) is 3.32. The van der Waals surface area contributed by atoms with Crippen LogP contribution in [0.5, 0.6) is 0 Å². The SMILES string of the molecule is NC(=O)C(=O)C(Cc1ccc[nH]1)NC(=O)c1cncn1-c1ccccc1. The lowest BCUT2D eigenvalue weighted by Gasteiger charge is -2.16. The maximum absolute atomic E-state index is 12.7. The van der Waals surface area contributed by atoms with Gasteiger partial charge < -0.3 is 16.0 Å². The summed E-state index contributed by atoms with van der Waals surface area (Å²) in [5, 5.41) is 2.58. The zero-order valence-electron chi connectivity index (χ0n) is 13.8. The molecule has 1 aromatic carbocycles. The Labute approximate surface area is 149 Å². The van der Waals surface area contributed by atoms with Crippen LogP contribution in [0.3, 0.4) is 0 Å². The van der Waals surface area contributed by atoms with Gasteiger partial charge in [-0.2, -0.15) is 0 Å². The van der Waals surface area contributed by atoms with E-state index in [9.17, 15) is 14.4 Å².